The molecule has 0 heterocycles. The van der Waals surface area contributed by atoms with E-state index >= 15 is 0 Å². The molecule has 1 rings (SSSR count). The van der Waals surface area contributed by atoms with Gasteiger partial charge < -0.3 is 11.1 Å². The highest BCUT2D eigenvalue weighted by Crippen LogP contribution is 2.29. The van der Waals surface area contributed by atoms with E-state index in [0.717, 1.165) is 0 Å². The van der Waals surface area contributed by atoms with Gasteiger partial charge in [0, 0.05) is 6.54 Å². The molecule has 1 atom stereocenters. The zero-order valence-corrected chi connectivity index (χ0v) is 9.77. The van der Waals surface area contributed by atoms with Crippen molar-refractivity contribution >= 4 is 34.8 Å². The number of para-hydroxylation sites is 1. The van der Waals surface area contributed by atoms with Crippen molar-refractivity contribution in [1.82, 2.24) is 0 Å². The first-order valence-electron chi connectivity index (χ1n) is 4.49. The van der Waals surface area contributed by atoms with Gasteiger partial charge in [-0.1, -0.05) is 36.2 Å². The van der Waals surface area contributed by atoms with Crippen LogP contribution in [0.5, 0.6) is 0 Å². The first-order valence-corrected chi connectivity index (χ1v) is 5.25. The summed E-state index contributed by atoms with van der Waals surface area (Å²) in [6.07, 6.45) is 0. The number of halogens is 2. The highest BCUT2D eigenvalue weighted by Gasteiger charge is 2.10. The van der Waals surface area contributed by atoms with Gasteiger partial charge in [0.05, 0.1) is 21.7 Å². The van der Waals surface area contributed by atoms with Crippen LogP contribution in [0.2, 0.25) is 10.0 Å². The molecule has 0 aliphatic carbocycles. The molecule has 82 valence electrons. The summed E-state index contributed by atoms with van der Waals surface area (Å²) in [6.45, 7) is 2.15. The molecule has 5 heteroatoms. The number of amides is 1. The van der Waals surface area contributed by atoms with Crippen LogP contribution in [0.4, 0.5) is 5.69 Å². The van der Waals surface area contributed by atoms with Crippen molar-refractivity contribution < 1.29 is 4.79 Å². The van der Waals surface area contributed by atoms with Crippen LogP contribution in [0.25, 0.3) is 0 Å². The third-order valence-electron chi connectivity index (χ3n) is 2.03. The summed E-state index contributed by atoms with van der Waals surface area (Å²) < 4.78 is 0. The number of hydrogen-bond donors (Lipinski definition) is 2. The van der Waals surface area contributed by atoms with Gasteiger partial charge in [0.1, 0.15) is 0 Å². The van der Waals surface area contributed by atoms with Crippen LogP contribution in [0.1, 0.15) is 6.92 Å². The van der Waals surface area contributed by atoms with Crippen LogP contribution >= 0.6 is 23.2 Å². The molecule has 0 spiro atoms. The Kier molecular flexibility index (Phi) is 4.24. The Morgan fingerprint density at radius 3 is 2.47 bits per heavy atom. The third-order valence-corrected chi connectivity index (χ3v) is 2.66. The minimum Gasteiger partial charge on any atom is -0.382 e. The number of carbonyl (C=O) groups is 1. The van der Waals surface area contributed by atoms with E-state index in [2.05, 4.69) is 5.32 Å². The van der Waals surface area contributed by atoms with Crippen LogP contribution in [0.15, 0.2) is 18.2 Å². The van der Waals surface area contributed by atoms with Crippen molar-refractivity contribution in [1.29, 1.82) is 0 Å². The lowest BCUT2D eigenvalue weighted by Gasteiger charge is -2.12. The molecule has 0 radical (unpaired) electrons. The number of nitrogens with two attached hydrogens (primary N) is 1. The average molecular weight is 247 g/mol. The van der Waals surface area contributed by atoms with Crippen molar-refractivity contribution in [3.8, 4) is 0 Å². The minimum atomic E-state index is -0.356. The number of primary amides is 1. The fraction of sp³-hybridized carbons (Fsp3) is 0.300. The largest absolute Gasteiger partial charge is 0.382 e. The molecule has 3 N–H and O–H groups in total. The summed E-state index contributed by atoms with van der Waals surface area (Å²) in [5.41, 5.74) is 5.76. The lowest BCUT2D eigenvalue weighted by molar-refractivity contribution is -0.120. The predicted molar refractivity (Wildman–Crippen MR) is 63.3 cm³/mol. The maximum atomic E-state index is 10.8. The Labute approximate surface area is 98.5 Å². The highest BCUT2D eigenvalue weighted by atomic mass is 35.5. The van der Waals surface area contributed by atoms with Gasteiger partial charge in [-0.2, -0.15) is 0 Å². The Balaban J connectivity index is 2.69. The Hall–Kier alpha value is -0.930. The molecule has 1 amide bonds. The van der Waals surface area contributed by atoms with Gasteiger partial charge in [-0.05, 0) is 12.1 Å². The van der Waals surface area contributed by atoms with E-state index in [1.54, 1.807) is 25.1 Å². The predicted octanol–water partition coefficient (Wildman–Crippen LogP) is 2.53. The van der Waals surface area contributed by atoms with E-state index in [-0.39, 0.29) is 11.8 Å². The maximum absolute atomic E-state index is 10.8. The molecule has 0 fully saturated rings. The number of nitrogens with one attached hydrogen (secondary N) is 1. The summed E-state index contributed by atoms with van der Waals surface area (Å²) in [7, 11) is 0. The van der Waals surface area contributed by atoms with Gasteiger partial charge in [0.25, 0.3) is 0 Å². The zero-order chi connectivity index (χ0) is 11.4. The van der Waals surface area contributed by atoms with Crippen LogP contribution in [-0.2, 0) is 4.79 Å². The Morgan fingerprint density at radius 1 is 1.47 bits per heavy atom. The van der Waals surface area contributed by atoms with Crippen LogP contribution in [0, 0.1) is 5.92 Å². The SMILES string of the molecule is CC(CNc1c(Cl)cccc1Cl)C(N)=O. The van der Waals surface area contributed by atoms with Gasteiger partial charge in [-0.25, -0.2) is 0 Å². The summed E-state index contributed by atoms with van der Waals surface area (Å²) in [4.78, 5) is 10.8. The molecule has 0 saturated heterocycles. The zero-order valence-electron chi connectivity index (χ0n) is 8.26. The van der Waals surface area contributed by atoms with Crippen molar-refractivity contribution in [2.75, 3.05) is 11.9 Å². The molecule has 0 aliphatic heterocycles. The van der Waals surface area contributed by atoms with E-state index in [9.17, 15) is 4.79 Å². The molecule has 0 aliphatic rings. The second-order valence-electron chi connectivity index (χ2n) is 3.28. The van der Waals surface area contributed by atoms with E-state index in [1.807, 2.05) is 0 Å². The lowest BCUT2D eigenvalue weighted by atomic mass is 10.1. The highest BCUT2D eigenvalue weighted by molar-refractivity contribution is 6.39. The normalized spacial score (nSPS) is 12.2. The summed E-state index contributed by atoms with van der Waals surface area (Å²) in [6, 6.07) is 5.21. The quantitative estimate of drug-likeness (QED) is 0.858. The summed E-state index contributed by atoms with van der Waals surface area (Å²) in [5.74, 6) is -0.622. The molecule has 0 saturated carbocycles. The van der Waals surface area contributed by atoms with Crippen molar-refractivity contribution in [3.05, 3.63) is 28.2 Å². The van der Waals surface area contributed by atoms with E-state index < -0.39 is 0 Å². The number of hydrogen-bond acceptors (Lipinski definition) is 2. The molecule has 0 aromatic heterocycles. The number of benzene rings is 1. The van der Waals surface area contributed by atoms with E-state index in [4.69, 9.17) is 28.9 Å². The number of carbonyl (C=O) groups excluding carboxylic acids is 1. The molecular formula is C10H12Cl2N2O. The van der Waals surface area contributed by atoms with Crippen molar-refractivity contribution in [2.45, 2.75) is 6.92 Å². The van der Waals surface area contributed by atoms with Crippen molar-refractivity contribution in [3.63, 3.8) is 0 Å². The smallest absolute Gasteiger partial charge is 0.222 e. The van der Waals surface area contributed by atoms with E-state index in [0.29, 0.717) is 22.3 Å². The maximum Gasteiger partial charge on any atom is 0.222 e. The van der Waals surface area contributed by atoms with Gasteiger partial charge in [0.2, 0.25) is 5.91 Å². The summed E-state index contributed by atoms with van der Waals surface area (Å²) in [5, 5.41) is 4.05. The molecule has 1 unspecified atom stereocenters. The third kappa shape index (κ3) is 3.29. The van der Waals surface area contributed by atoms with Crippen LogP contribution in [0.3, 0.4) is 0 Å². The van der Waals surface area contributed by atoms with Gasteiger partial charge in [0.15, 0.2) is 0 Å². The van der Waals surface area contributed by atoms with Crippen molar-refractivity contribution in [2.24, 2.45) is 11.7 Å². The minimum absolute atomic E-state index is 0.266. The lowest BCUT2D eigenvalue weighted by Crippen LogP contribution is -2.26. The van der Waals surface area contributed by atoms with E-state index in [1.165, 1.54) is 0 Å². The molecular weight excluding hydrogens is 235 g/mol. The topological polar surface area (TPSA) is 55.1 Å². The second kappa shape index (κ2) is 5.24. The molecule has 0 bridgehead atoms. The molecule has 1 aromatic rings. The average Bonchev–Trinajstić information content (AvgIpc) is 2.16. The fourth-order valence-corrected chi connectivity index (χ4v) is 1.55. The van der Waals surface area contributed by atoms with Gasteiger partial charge >= 0.3 is 0 Å². The van der Waals surface area contributed by atoms with Gasteiger partial charge in [-0.15, -0.1) is 0 Å². The first kappa shape index (κ1) is 12.1. The first-order chi connectivity index (χ1) is 7.02. The van der Waals surface area contributed by atoms with Crippen LogP contribution in [-0.4, -0.2) is 12.5 Å². The molecule has 3 nitrogen and oxygen atoms in total. The molecule has 15 heavy (non-hydrogen) atoms. The standard InChI is InChI=1S/C10H12Cl2N2O/c1-6(10(13)15)5-14-9-7(11)3-2-4-8(9)12/h2-4,6,14H,5H2,1H3,(H2,13,15). The second-order valence-corrected chi connectivity index (χ2v) is 4.10. The Morgan fingerprint density at radius 2 is 2.00 bits per heavy atom. The fourth-order valence-electron chi connectivity index (χ4n) is 1.02. The number of rotatable bonds is 4. The number of anilines is 1. The van der Waals surface area contributed by atoms with Gasteiger partial charge in [-0.3, -0.25) is 4.79 Å². The van der Waals surface area contributed by atoms with Crippen LogP contribution < -0.4 is 11.1 Å². The summed E-state index contributed by atoms with van der Waals surface area (Å²) >= 11 is 11.9. The molecule has 1 aromatic carbocycles. The monoisotopic (exact) mass is 246 g/mol. The Bertz CT molecular complexity index is 348.